The van der Waals surface area contributed by atoms with Crippen LogP contribution in [0.15, 0.2) is 78.5 Å². The minimum Gasteiger partial charge on any atom is -0.497 e. The Morgan fingerprint density at radius 3 is 2.23 bits per heavy atom. The molecule has 30 heavy (non-hydrogen) atoms. The first-order chi connectivity index (χ1) is 14.5. The van der Waals surface area contributed by atoms with Crippen molar-refractivity contribution in [1.82, 2.24) is 0 Å². The largest absolute Gasteiger partial charge is 0.497 e. The van der Waals surface area contributed by atoms with Gasteiger partial charge in [-0.25, -0.2) is 4.90 Å². The molecule has 1 heterocycles. The lowest BCUT2D eigenvalue weighted by Gasteiger charge is -2.15. The van der Waals surface area contributed by atoms with Crippen molar-refractivity contribution in [2.75, 3.05) is 17.3 Å². The van der Waals surface area contributed by atoms with Crippen molar-refractivity contribution in [3.05, 3.63) is 94.6 Å². The third kappa shape index (κ3) is 3.55. The number of para-hydroxylation sites is 1. The molecule has 0 aromatic heterocycles. The molecule has 0 unspecified atom stereocenters. The van der Waals surface area contributed by atoms with Gasteiger partial charge in [-0.15, -0.1) is 0 Å². The molecule has 3 aromatic rings. The second-order valence-corrected chi connectivity index (χ2v) is 7.26. The molecule has 0 spiro atoms. The summed E-state index contributed by atoms with van der Waals surface area (Å²) in [6.07, 6.45) is 0. The standard InChI is InChI=1S/C24H19ClN2O3/c1-15-8-11-17(14-20(15)25)26-22-21(16-9-12-19(30-2)13-10-16)23(28)27(24(22)29)18-6-4-3-5-7-18/h3-14,26H,1-2H3. The van der Waals surface area contributed by atoms with Crippen LogP contribution in [-0.4, -0.2) is 18.9 Å². The topological polar surface area (TPSA) is 58.6 Å². The number of anilines is 2. The molecule has 0 radical (unpaired) electrons. The van der Waals surface area contributed by atoms with E-state index in [1.807, 2.05) is 25.1 Å². The van der Waals surface area contributed by atoms with E-state index in [4.69, 9.17) is 16.3 Å². The molecule has 1 aliphatic heterocycles. The summed E-state index contributed by atoms with van der Waals surface area (Å²) in [6.45, 7) is 1.90. The molecule has 0 atom stereocenters. The minimum absolute atomic E-state index is 0.203. The zero-order chi connectivity index (χ0) is 21.3. The molecule has 1 N–H and O–H groups in total. The summed E-state index contributed by atoms with van der Waals surface area (Å²) >= 11 is 6.24. The van der Waals surface area contributed by atoms with Gasteiger partial charge in [-0.05, 0) is 54.4 Å². The first-order valence-electron chi connectivity index (χ1n) is 9.35. The summed E-state index contributed by atoms with van der Waals surface area (Å²) in [5.74, 6) is -0.151. The Morgan fingerprint density at radius 1 is 0.900 bits per heavy atom. The smallest absolute Gasteiger partial charge is 0.282 e. The summed E-state index contributed by atoms with van der Waals surface area (Å²) in [4.78, 5) is 27.8. The number of ether oxygens (including phenoxy) is 1. The van der Waals surface area contributed by atoms with Crippen molar-refractivity contribution in [3.8, 4) is 5.75 Å². The molecule has 1 aliphatic rings. The molecule has 4 rings (SSSR count). The van der Waals surface area contributed by atoms with Crippen LogP contribution in [0.4, 0.5) is 11.4 Å². The monoisotopic (exact) mass is 418 g/mol. The van der Waals surface area contributed by atoms with Crippen molar-refractivity contribution < 1.29 is 14.3 Å². The molecule has 0 saturated carbocycles. The maximum absolute atomic E-state index is 13.3. The lowest BCUT2D eigenvalue weighted by Crippen LogP contribution is -2.32. The van der Waals surface area contributed by atoms with Crippen molar-refractivity contribution in [1.29, 1.82) is 0 Å². The van der Waals surface area contributed by atoms with Crippen molar-refractivity contribution in [2.24, 2.45) is 0 Å². The summed E-state index contributed by atoms with van der Waals surface area (Å²) in [7, 11) is 1.57. The van der Waals surface area contributed by atoms with Crippen LogP contribution in [0, 0.1) is 6.92 Å². The highest BCUT2D eigenvalue weighted by molar-refractivity contribution is 6.46. The van der Waals surface area contributed by atoms with Gasteiger partial charge in [0.25, 0.3) is 11.8 Å². The molecule has 5 nitrogen and oxygen atoms in total. The third-order valence-electron chi connectivity index (χ3n) is 4.92. The van der Waals surface area contributed by atoms with Crippen LogP contribution in [0.5, 0.6) is 5.75 Å². The fraction of sp³-hybridized carbons (Fsp3) is 0.0833. The molecule has 0 aliphatic carbocycles. The number of rotatable bonds is 5. The van der Waals surface area contributed by atoms with Gasteiger partial charge in [0.1, 0.15) is 11.4 Å². The number of hydrogen-bond donors (Lipinski definition) is 1. The van der Waals surface area contributed by atoms with E-state index in [9.17, 15) is 9.59 Å². The van der Waals surface area contributed by atoms with Gasteiger partial charge in [0.05, 0.1) is 18.4 Å². The Hall–Kier alpha value is -3.57. The number of carbonyl (C=O) groups is 2. The van der Waals surface area contributed by atoms with E-state index in [1.54, 1.807) is 61.7 Å². The molecule has 6 heteroatoms. The van der Waals surface area contributed by atoms with Gasteiger partial charge in [0.15, 0.2) is 0 Å². The maximum Gasteiger partial charge on any atom is 0.282 e. The van der Waals surface area contributed by atoms with E-state index in [-0.39, 0.29) is 5.70 Å². The summed E-state index contributed by atoms with van der Waals surface area (Å²) in [5.41, 5.74) is 3.18. The molecule has 3 aromatic carbocycles. The third-order valence-corrected chi connectivity index (χ3v) is 5.33. The van der Waals surface area contributed by atoms with E-state index >= 15 is 0 Å². The summed E-state index contributed by atoms with van der Waals surface area (Å²) < 4.78 is 5.21. The predicted molar refractivity (Wildman–Crippen MR) is 119 cm³/mol. The predicted octanol–water partition coefficient (Wildman–Crippen LogP) is 5.05. The maximum atomic E-state index is 13.3. The zero-order valence-electron chi connectivity index (χ0n) is 16.5. The fourth-order valence-corrected chi connectivity index (χ4v) is 3.48. The number of carbonyl (C=O) groups excluding carboxylic acids is 2. The van der Waals surface area contributed by atoms with E-state index in [1.165, 1.54) is 4.90 Å². The normalized spacial score (nSPS) is 13.8. The van der Waals surface area contributed by atoms with Crippen LogP contribution in [-0.2, 0) is 9.59 Å². The molecule has 0 saturated heterocycles. The van der Waals surface area contributed by atoms with Gasteiger partial charge in [-0.2, -0.15) is 0 Å². The van der Waals surface area contributed by atoms with Gasteiger partial charge < -0.3 is 10.1 Å². The minimum atomic E-state index is -0.422. The van der Waals surface area contributed by atoms with Crippen LogP contribution in [0.1, 0.15) is 11.1 Å². The number of benzene rings is 3. The Labute approximate surface area is 179 Å². The van der Waals surface area contributed by atoms with Crippen molar-refractivity contribution >= 4 is 40.4 Å². The number of imide groups is 1. The Balaban J connectivity index is 1.81. The Morgan fingerprint density at radius 2 is 1.60 bits per heavy atom. The van der Waals surface area contributed by atoms with Gasteiger partial charge in [-0.1, -0.05) is 48.0 Å². The van der Waals surface area contributed by atoms with Crippen LogP contribution in [0.3, 0.4) is 0 Å². The van der Waals surface area contributed by atoms with Gasteiger partial charge >= 0.3 is 0 Å². The number of hydrogen-bond acceptors (Lipinski definition) is 4. The van der Waals surface area contributed by atoms with Gasteiger partial charge in [0.2, 0.25) is 0 Å². The van der Waals surface area contributed by atoms with Crippen LogP contribution in [0.2, 0.25) is 5.02 Å². The number of methoxy groups -OCH3 is 1. The number of nitrogens with one attached hydrogen (secondary N) is 1. The molecule has 150 valence electrons. The summed E-state index contributed by atoms with van der Waals surface area (Å²) in [5, 5.41) is 3.69. The highest BCUT2D eigenvalue weighted by atomic mass is 35.5. The molecular formula is C24H19ClN2O3. The number of nitrogens with zero attached hydrogens (tertiary/aromatic N) is 1. The van der Waals surface area contributed by atoms with Crippen molar-refractivity contribution in [3.63, 3.8) is 0 Å². The average molecular weight is 419 g/mol. The second-order valence-electron chi connectivity index (χ2n) is 6.85. The van der Waals surface area contributed by atoms with Crippen LogP contribution < -0.4 is 15.0 Å². The highest BCUT2D eigenvalue weighted by Gasteiger charge is 2.40. The van der Waals surface area contributed by atoms with Crippen LogP contribution >= 0.6 is 11.6 Å². The molecular weight excluding hydrogens is 400 g/mol. The second kappa shape index (κ2) is 8.05. The lowest BCUT2D eigenvalue weighted by molar-refractivity contribution is -0.120. The van der Waals surface area contributed by atoms with Crippen LogP contribution in [0.25, 0.3) is 5.57 Å². The molecule has 2 amide bonds. The Kier molecular flexibility index (Phi) is 5.29. The Bertz CT molecular complexity index is 1150. The van der Waals surface area contributed by atoms with Crippen molar-refractivity contribution in [2.45, 2.75) is 6.92 Å². The van der Waals surface area contributed by atoms with Gasteiger partial charge in [0, 0.05) is 10.7 Å². The highest BCUT2D eigenvalue weighted by Crippen LogP contribution is 2.34. The first kappa shape index (κ1) is 19.7. The number of halogens is 1. The first-order valence-corrected chi connectivity index (χ1v) is 9.73. The molecule has 0 fully saturated rings. The lowest BCUT2D eigenvalue weighted by atomic mass is 10.0. The average Bonchev–Trinajstić information content (AvgIpc) is 3.01. The fourth-order valence-electron chi connectivity index (χ4n) is 3.30. The molecule has 0 bridgehead atoms. The summed E-state index contributed by atoms with van der Waals surface area (Å²) in [6, 6.07) is 21.3. The quantitative estimate of drug-likeness (QED) is 0.589. The van der Waals surface area contributed by atoms with E-state index in [0.29, 0.717) is 33.3 Å². The van der Waals surface area contributed by atoms with Gasteiger partial charge in [-0.3, -0.25) is 9.59 Å². The van der Waals surface area contributed by atoms with E-state index in [2.05, 4.69) is 5.32 Å². The number of amides is 2. The zero-order valence-corrected chi connectivity index (χ0v) is 17.2. The SMILES string of the molecule is COc1ccc(C2=C(Nc3ccc(C)c(Cl)c3)C(=O)N(c3ccccc3)C2=O)cc1. The van der Waals surface area contributed by atoms with E-state index in [0.717, 1.165) is 5.56 Å². The number of aryl methyl sites for hydroxylation is 1. The van der Waals surface area contributed by atoms with E-state index < -0.39 is 11.8 Å².